The van der Waals surface area contributed by atoms with Crippen LogP contribution in [0.2, 0.25) is 0 Å². The van der Waals surface area contributed by atoms with Gasteiger partial charge in [-0.2, -0.15) is 0 Å². The molecule has 7 heteroatoms. The van der Waals surface area contributed by atoms with Gasteiger partial charge >= 0.3 is 0 Å². The molecular weight excluding hydrogens is 436 g/mol. The number of carbonyl (C=O) groups is 1. The van der Waals surface area contributed by atoms with Crippen LogP contribution in [0.5, 0.6) is 5.75 Å². The van der Waals surface area contributed by atoms with Gasteiger partial charge in [-0.05, 0) is 61.7 Å². The lowest BCUT2D eigenvalue weighted by Gasteiger charge is -2.24. The molecule has 0 saturated heterocycles. The smallest absolute Gasteiger partial charge is 0.251 e. The number of nitrogens with one attached hydrogen (secondary N) is 1. The first kappa shape index (κ1) is 24.3. The monoisotopic (exact) mass is 466 g/mol. The number of nitrogens with zero attached hydrogens (tertiary/aromatic N) is 1. The maximum Gasteiger partial charge on any atom is 0.251 e. The molecule has 1 amide bonds. The second-order valence-corrected chi connectivity index (χ2v) is 10.0. The first-order chi connectivity index (χ1) is 15.6. The van der Waals surface area contributed by atoms with Crippen molar-refractivity contribution in [3.05, 3.63) is 94.5 Å². The molecular formula is C26H30N2O4S. The lowest BCUT2D eigenvalue weighted by molar-refractivity contribution is 0.0947. The lowest BCUT2D eigenvalue weighted by Crippen LogP contribution is -2.30. The zero-order chi connectivity index (χ0) is 24.0. The van der Waals surface area contributed by atoms with Crippen LogP contribution in [0.1, 0.15) is 32.6 Å². The summed E-state index contributed by atoms with van der Waals surface area (Å²) in [4.78, 5) is 12.5. The van der Waals surface area contributed by atoms with E-state index in [4.69, 9.17) is 4.74 Å². The first-order valence-corrected chi connectivity index (χ1v) is 12.6. The number of benzene rings is 3. The fourth-order valence-electron chi connectivity index (χ4n) is 3.54. The minimum atomic E-state index is -3.47. The van der Waals surface area contributed by atoms with Gasteiger partial charge in [0.25, 0.3) is 5.91 Å². The molecule has 174 valence electrons. The van der Waals surface area contributed by atoms with Crippen molar-refractivity contribution < 1.29 is 17.9 Å². The molecule has 3 aromatic rings. The number of amides is 1. The molecule has 6 nitrogen and oxygen atoms in total. The number of ether oxygens (including phenoxy) is 1. The van der Waals surface area contributed by atoms with Gasteiger partial charge in [0.2, 0.25) is 10.0 Å². The molecule has 0 saturated carbocycles. The summed E-state index contributed by atoms with van der Waals surface area (Å²) < 4.78 is 31.9. The highest BCUT2D eigenvalue weighted by molar-refractivity contribution is 7.92. The summed E-state index contributed by atoms with van der Waals surface area (Å²) in [5.41, 5.74) is 5.05. The summed E-state index contributed by atoms with van der Waals surface area (Å²) in [6, 6.07) is 20.3. The Morgan fingerprint density at radius 2 is 1.64 bits per heavy atom. The zero-order valence-corrected chi connectivity index (χ0v) is 20.3. The van der Waals surface area contributed by atoms with Crippen molar-refractivity contribution in [2.45, 2.75) is 27.3 Å². The van der Waals surface area contributed by atoms with Gasteiger partial charge in [-0.3, -0.25) is 9.10 Å². The van der Waals surface area contributed by atoms with Crippen LogP contribution < -0.4 is 14.4 Å². The Hall–Kier alpha value is -3.32. The fourth-order valence-corrected chi connectivity index (χ4v) is 4.49. The van der Waals surface area contributed by atoms with E-state index in [1.807, 2.05) is 51.1 Å². The van der Waals surface area contributed by atoms with Gasteiger partial charge in [-0.25, -0.2) is 8.42 Å². The van der Waals surface area contributed by atoms with Crippen LogP contribution in [0.3, 0.4) is 0 Å². The van der Waals surface area contributed by atoms with E-state index in [9.17, 15) is 13.2 Å². The lowest BCUT2D eigenvalue weighted by atomic mass is 10.1. The third kappa shape index (κ3) is 6.58. The molecule has 0 spiro atoms. The van der Waals surface area contributed by atoms with Gasteiger partial charge in [0.1, 0.15) is 12.4 Å². The molecule has 0 radical (unpaired) electrons. The number of hydrogen-bond donors (Lipinski definition) is 1. The zero-order valence-electron chi connectivity index (χ0n) is 19.5. The standard InChI is InChI=1S/C26H30N2O4S/c1-19-9-14-25(21(3)17-19)32-16-15-27-26(29)23-12-10-22(11-13-23)18-28(33(4,30)31)24-8-6-5-7-20(24)2/h5-14,17H,15-16,18H2,1-4H3,(H,27,29). The average Bonchev–Trinajstić information content (AvgIpc) is 2.76. The molecule has 0 heterocycles. The first-order valence-electron chi connectivity index (χ1n) is 10.8. The van der Waals surface area contributed by atoms with Crippen LogP contribution in [0.4, 0.5) is 5.69 Å². The summed E-state index contributed by atoms with van der Waals surface area (Å²) >= 11 is 0. The Balaban J connectivity index is 1.58. The second-order valence-electron chi connectivity index (χ2n) is 8.13. The van der Waals surface area contributed by atoms with Gasteiger partial charge in [0.15, 0.2) is 0 Å². The molecule has 0 atom stereocenters. The van der Waals surface area contributed by atoms with Crippen molar-refractivity contribution in [2.75, 3.05) is 23.7 Å². The van der Waals surface area contributed by atoms with Crippen molar-refractivity contribution in [1.82, 2.24) is 5.32 Å². The highest BCUT2D eigenvalue weighted by Gasteiger charge is 2.19. The average molecular weight is 467 g/mol. The van der Waals surface area contributed by atoms with E-state index in [1.165, 1.54) is 16.1 Å². The summed E-state index contributed by atoms with van der Waals surface area (Å²) in [5.74, 6) is 0.605. The quantitative estimate of drug-likeness (QED) is 0.475. The third-order valence-corrected chi connectivity index (χ3v) is 6.43. The van der Waals surface area contributed by atoms with Gasteiger partial charge in [-0.15, -0.1) is 0 Å². The van der Waals surface area contributed by atoms with E-state index in [1.54, 1.807) is 30.3 Å². The minimum Gasteiger partial charge on any atom is -0.491 e. The van der Waals surface area contributed by atoms with Gasteiger partial charge in [0.05, 0.1) is 25.0 Å². The van der Waals surface area contributed by atoms with Crippen molar-refractivity contribution in [3.63, 3.8) is 0 Å². The van der Waals surface area contributed by atoms with Crippen LogP contribution in [0.15, 0.2) is 66.7 Å². The maximum atomic E-state index is 12.5. The Kier molecular flexibility index (Phi) is 7.76. The van der Waals surface area contributed by atoms with Crippen molar-refractivity contribution in [2.24, 2.45) is 0 Å². The van der Waals surface area contributed by atoms with Crippen LogP contribution >= 0.6 is 0 Å². The number of carbonyl (C=O) groups excluding carboxylic acids is 1. The van der Waals surface area contributed by atoms with Crippen molar-refractivity contribution in [3.8, 4) is 5.75 Å². The molecule has 0 aliphatic heterocycles. The Labute approximate surface area is 196 Å². The number of rotatable bonds is 9. The predicted molar refractivity (Wildman–Crippen MR) is 132 cm³/mol. The molecule has 0 bridgehead atoms. The Bertz CT molecular complexity index is 1220. The van der Waals surface area contributed by atoms with E-state index >= 15 is 0 Å². The molecule has 3 aromatic carbocycles. The fraction of sp³-hybridized carbons (Fsp3) is 0.269. The normalized spacial score (nSPS) is 11.2. The third-order valence-electron chi connectivity index (χ3n) is 5.30. The summed E-state index contributed by atoms with van der Waals surface area (Å²) in [6.45, 7) is 6.84. The summed E-state index contributed by atoms with van der Waals surface area (Å²) in [5, 5.41) is 2.85. The summed E-state index contributed by atoms with van der Waals surface area (Å²) in [6.07, 6.45) is 1.20. The second kappa shape index (κ2) is 10.5. The van der Waals surface area contributed by atoms with Gasteiger partial charge in [-0.1, -0.05) is 48.0 Å². The largest absolute Gasteiger partial charge is 0.491 e. The van der Waals surface area contributed by atoms with Crippen LogP contribution in [-0.4, -0.2) is 33.7 Å². The van der Waals surface area contributed by atoms with E-state index in [2.05, 4.69) is 11.4 Å². The van der Waals surface area contributed by atoms with Gasteiger partial charge in [0, 0.05) is 5.56 Å². The molecule has 0 unspecified atom stereocenters. The van der Waals surface area contributed by atoms with Crippen LogP contribution in [0.25, 0.3) is 0 Å². The van der Waals surface area contributed by atoms with Crippen LogP contribution in [-0.2, 0) is 16.6 Å². The minimum absolute atomic E-state index is 0.190. The Morgan fingerprint density at radius 3 is 2.27 bits per heavy atom. The predicted octanol–water partition coefficient (Wildman–Crippen LogP) is 4.39. The number of sulfonamides is 1. The van der Waals surface area contributed by atoms with Gasteiger partial charge < -0.3 is 10.1 Å². The molecule has 0 fully saturated rings. The highest BCUT2D eigenvalue weighted by atomic mass is 32.2. The summed E-state index contributed by atoms with van der Waals surface area (Å²) in [7, 11) is -3.47. The van der Waals surface area contributed by atoms with E-state index in [0.717, 1.165) is 22.4 Å². The molecule has 33 heavy (non-hydrogen) atoms. The SMILES string of the molecule is Cc1ccc(OCCNC(=O)c2ccc(CN(c3ccccc3C)S(C)(=O)=O)cc2)c(C)c1. The highest BCUT2D eigenvalue weighted by Crippen LogP contribution is 2.24. The number of hydrogen-bond acceptors (Lipinski definition) is 4. The number of aryl methyl sites for hydroxylation is 3. The number of anilines is 1. The van der Waals surface area contributed by atoms with Crippen molar-refractivity contribution in [1.29, 1.82) is 0 Å². The van der Waals surface area contributed by atoms with E-state index < -0.39 is 10.0 Å². The van der Waals surface area contributed by atoms with Crippen LogP contribution in [0, 0.1) is 20.8 Å². The Morgan fingerprint density at radius 1 is 0.939 bits per heavy atom. The molecule has 0 aliphatic rings. The van der Waals surface area contributed by atoms with Crippen molar-refractivity contribution >= 4 is 21.6 Å². The molecule has 1 N–H and O–H groups in total. The van der Waals surface area contributed by atoms with E-state index in [0.29, 0.717) is 24.4 Å². The molecule has 0 aliphatic carbocycles. The number of para-hydroxylation sites is 1. The molecule has 3 rings (SSSR count). The maximum absolute atomic E-state index is 12.5. The topological polar surface area (TPSA) is 75.7 Å². The van der Waals surface area contributed by atoms with E-state index in [-0.39, 0.29) is 12.5 Å². The molecule has 0 aromatic heterocycles.